The van der Waals surface area contributed by atoms with Gasteiger partial charge in [0.05, 0.1) is 5.57 Å². The Labute approximate surface area is 129 Å². The molecule has 0 fully saturated rings. The van der Waals surface area contributed by atoms with E-state index in [0.717, 1.165) is 4.47 Å². The van der Waals surface area contributed by atoms with Gasteiger partial charge in [0.25, 0.3) is 0 Å². The van der Waals surface area contributed by atoms with Crippen molar-refractivity contribution in [2.75, 3.05) is 6.79 Å². The van der Waals surface area contributed by atoms with E-state index in [1.165, 1.54) is 0 Å². The van der Waals surface area contributed by atoms with Gasteiger partial charge in [0.2, 0.25) is 6.79 Å². The number of carbonyl (C=O) groups is 1. The van der Waals surface area contributed by atoms with Crippen LogP contribution in [0.2, 0.25) is 0 Å². The third-order valence-corrected chi connectivity index (χ3v) is 3.64. The Morgan fingerprint density at radius 1 is 1.14 bits per heavy atom. The standard InChI is InChI=1S/C16H11BrO4/c17-12-6-4-10(5-7-12)13(16(18)19)8-11-2-1-3-14-15(11)21-9-20-14/h1-8H,9H2,(H,18,19)/b13-8+. The molecule has 21 heavy (non-hydrogen) atoms. The van der Waals surface area contributed by atoms with Crippen LogP contribution in [0.3, 0.4) is 0 Å². The van der Waals surface area contributed by atoms with Crippen molar-refractivity contribution >= 4 is 33.5 Å². The van der Waals surface area contributed by atoms with E-state index in [0.29, 0.717) is 22.6 Å². The molecule has 0 aromatic heterocycles. The number of halogens is 1. The third-order valence-electron chi connectivity index (χ3n) is 3.11. The summed E-state index contributed by atoms with van der Waals surface area (Å²) in [4.78, 5) is 11.5. The average molecular weight is 347 g/mol. The highest BCUT2D eigenvalue weighted by atomic mass is 79.9. The topological polar surface area (TPSA) is 55.8 Å². The molecule has 1 heterocycles. The predicted octanol–water partition coefficient (Wildman–Crippen LogP) is 3.80. The maximum atomic E-state index is 11.5. The third kappa shape index (κ3) is 2.78. The fourth-order valence-electron chi connectivity index (χ4n) is 2.12. The maximum Gasteiger partial charge on any atom is 0.336 e. The number of hydrogen-bond acceptors (Lipinski definition) is 3. The lowest BCUT2D eigenvalue weighted by atomic mass is 10.0. The van der Waals surface area contributed by atoms with Gasteiger partial charge < -0.3 is 14.6 Å². The molecule has 3 rings (SSSR count). The van der Waals surface area contributed by atoms with Gasteiger partial charge in [-0.1, -0.05) is 40.2 Å². The molecule has 0 atom stereocenters. The molecule has 0 radical (unpaired) electrons. The maximum absolute atomic E-state index is 11.5. The van der Waals surface area contributed by atoms with E-state index in [-0.39, 0.29) is 12.4 Å². The zero-order valence-corrected chi connectivity index (χ0v) is 12.5. The Kier molecular flexibility index (Phi) is 3.66. The first-order valence-electron chi connectivity index (χ1n) is 6.25. The van der Waals surface area contributed by atoms with E-state index >= 15 is 0 Å². The quantitative estimate of drug-likeness (QED) is 0.678. The van der Waals surface area contributed by atoms with Gasteiger partial charge in [-0.25, -0.2) is 4.79 Å². The number of carboxylic acid groups (broad SMARTS) is 1. The van der Waals surface area contributed by atoms with Gasteiger partial charge in [0, 0.05) is 10.0 Å². The van der Waals surface area contributed by atoms with Crippen molar-refractivity contribution < 1.29 is 19.4 Å². The molecule has 5 heteroatoms. The number of para-hydroxylation sites is 1. The number of ether oxygens (including phenoxy) is 2. The Bertz CT molecular complexity index is 720. The lowest BCUT2D eigenvalue weighted by Gasteiger charge is -2.05. The minimum atomic E-state index is -0.992. The molecule has 0 spiro atoms. The second kappa shape index (κ2) is 5.61. The van der Waals surface area contributed by atoms with Crippen molar-refractivity contribution in [3.63, 3.8) is 0 Å². The van der Waals surface area contributed by atoms with Crippen LogP contribution < -0.4 is 9.47 Å². The summed E-state index contributed by atoms with van der Waals surface area (Å²) in [6, 6.07) is 12.5. The van der Waals surface area contributed by atoms with Crippen LogP contribution in [0.4, 0.5) is 0 Å². The van der Waals surface area contributed by atoms with Gasteiger partial charge >= 0.3 is 5.97 Å². The summed E-state index contributed by atoms with van der Waals surface area (Å²) in [6.07, 6.45) is 1.60. The second-order valence-electron chi connectivity index (χ2n) is 4.45. The highest BCUT2D eigenvalue weighted by Crippen LogP contribution is 2.37. The van der Waals surface area contributed by atoms with Gasteiger partial charge in [-0.2, -0.15) is 0 Å². The van der Waals surface area contributed by atoms with Crippen LogP contribution in [-0.2, 0) is 4.79 Å². The molecule has 106 valence electrons. The van der Waals surface area contributed by atoms with Crippen molar-refractivity contribution in [3.8, 4) is 11.5 Å². The number of carboxylic acids is 1. The number of benzene rings is 2. The molecule has 1 aliphatic heterocycles. The largest absolute Gasteiger partial charge is 0.478 e. The van der Waals surface area contributed by atoms with E-state index in [4.69, 9.17) is 9.47 Å². The van der Waals surface area contributed by atoms with E-state index in [1.807, 2.05) is 0 Å². The van der Waals surface area contributed by atoms with Crippen molar-refractivity contribution in [1.29, 1.82) is 0 Å². The van der Waals surface area contributed by atoms with Gasteiger partial charge in [-0.3, -0.25) is 0 Å². The van der Waals surface area contributed by atoms with E-state index in [2.05, 4.69) is 15.9 Å². The van der Waals surface area contributed by atoms with Crippen LogP contribution in [0.5, 0.6) is 11.5 Å². The fraction of sp³-hybridized carbons (Fsp3) is 0.0625. The summed E-state index contributed by atoms with van der Waals surface area (Å²) < 4.78 is 11.6. The van der Waals surface area contributed by atoms with Crippen molar-refractivity contribution in [2.24, 2.45) is 0 Å². The molecule has 2 aromatic rings. The van der Waals surface area contributed by atoms with Crippen LogP contribution in [0.1, 0.15) is 11.1 Å². The minimum absolute atomic E-state index is 0.154. The molecule has 0 amide bonds. The molecule has 1 N–H and O–H groups in total. The molecular weight excluding hydrogens is 336 g/mol. The zero-order chi connectivity index (χ0) is 14.8. The highest BCUT2D eigenvalue weighted by Gasteiger charge is 2.18. The molecule has 0 unspecified atom stereocenters. The Morgan fingerprint density at radius 2 is 1.90 bits per heavy atom. The molecular formula is C16H11BrO4. The number of fused-ring (bicyclic) bond motifs is 1. The van der Waals surface area contributed by atoms with Gasteiger partial charge in [0.1, 0.15) is 0 Å². The molecule has 1 aliphatic rings. The Hall–Kier alpha value is -2.27. The smallest absolute Gasteiger partial charge is 0.336 e. The number of hydrogen-bond donors (Lipinski definition) is 1. The van der Waals surface area contributed by atoms with Crippen LogP contribution >= 0.6 is 15.9 Å². The summed E-state index contributed by atoms with van der Waals surface area (Å²) in [5.74, 6) is 0.214. The first-order chi connectivity index (χ1) is 10.1. The van der Waals surface area contributed by atoms with Crippen LogP contribution in [0.25, 0.3) is 11.6 Å². The normalized spacial score (nSPS) is 13.3. The van der Waals surface area contributed by atoms with E-state index < -0.39 is 5.97 Å². The van der Waals surface area contributed by atoms with Crippen molar-refractivity contribution in [3.05, 3.63) is 58.1 Å². The highest BCUT2D eigenvalue weighted by molar-refractivity contribution is 9.10. The van der Waals surface area contributed by atoms with Crippen LogP contribution in [0.15, 0.2) is 46.9 Å². The molecule has 0 saturated carbocycles. The molecule has 4 nitrogen and oxygen atoms in total. The number of rotatable bonds is 3. The second-order valence-corrected chi connectivity index (χ2v) is 5.37. The predicted molar refractivity (Wildman–Crippen MR) is 82.2 cm³/mol. The fourth-order valence-corrected chi connectivity index (χ4v) is 2.38. The van der Waals surface area contributed by atoms with Crippen LogP contribution in [-0.4, -0.2) is 17.9 Å². The van der Waals surface area contributed by atoms with Crippen molar-refractivity contribution in [2.45, 2.75) is 0 Å². The first-order valence-corrected chi connectivity index (χ1v) is 7.04. The van der Waals surface area contributed by atoms with E-state index in [9.17, 15) is 9.90 Å². The summed E-state index contributed by atoms with van der Waals surface area (Å²) >= 11 is 3.34. The molecule has 0 aliphatic carbocycles. The summed E-state index contributed by atoms with van der Waals surface area (Å²) in [7, 11) is 0. The Morgan fingerprint density at radius 3 is 2.62 bits per heavy atom. The first kappa shape index (κ1) is 13.7. The van der Waals surface area contributed by atoms with E-state index in [1.54, 1.807) is 48.5 Å². The van der Waals surface area contributed by atoms with Crippen molar-refractivity contribution in [1.82, 2.24) is 0 Å². The van der Waals surface area contributed by atoms with Gasteiger partial charge in [-0.05, 0) is 29.8 Å². The van der Waals surface area contributed by atoms with Crippen LogP contribution in [0, 0.1) is 0 Å². The summed E-state index contributed by atoms with van der Waals surface area (Å²) in [6.45, 7) is 0.154. The summed E-state index contributed by atoms with van der Waals surface area (Å²) in [5.41, 5.74) is 1.51. The zero-order valence-electron chi connectivity index (χ0n) is 10.9. The van der Waals surface area contributed by atoms with Gasteiger partial charge in [-0.15, -0.1) is 0 Å². The SMILES string of the molecule is O=C(O)/C(=C/c1cccc2c1OCO2)c1ccc(Br)cc1. The summed E-state index contributed by atoms with van der Waals surface area (Å²) in [5, 5.41) is 9.45. The Balaban J connectivity index is 2.08. The minimum Gasteiger partial charge on any atom is -0.478 e. The molecule has 0 bridgehead atoms. The monoisotopic (exact) mass is 346 g/mol. The lowest BCUT2D eigenvalue weighted by Crippen LogP contribution is -2.00. The molecule has 2 aromatic carbocycles. The molecule has 0 saturated heterocycles. The lowest BCUT2D eigenvalue weighted by molar-refractivity contribution is -0.130. The average Bonchev–Trinajstić information content (AvgIpc) is 2.95. The van der Waals surface area contributed by atoms with Gasteiger partial charge in [0.15, 0.2) is 11.5 Å². The number of aliphatic carboxylic acids is 1.